The number of hydrogen-bond donors (Lipinski definition) is 1. The Morgan fingerprint density at radius 1 is 1.08 bits per heavy atom. The number of nitrogens with zero attached hydrogens (tertiary/aromatic N) is 7. The molecule has 1 aliphatic rings. The van der Waals surface area contributed by atoms with Gasteiger partial charge in [0, 0.05) is 30.9 Å². The second-order valence-corrected chi connectivity index (χ2v) is 8.59. The zero-order chi connectivity index (χ0) is 25.1. The number of aromatic nitrogens is 6. The van der Waals surface area contributed by atoms with Gasteiger partial charge in [-0.2, -0.15) is 20.1 Å². The predicted octanol–water partition coefficient (Wildman–Crippen LogP) is 2.72. The quantitative estimate of drug-likeness (QED) is 0.447. The maximum absolute atomic E-state index is 13.9. The van der Waals surface area contributed by atoms with E-state index >= 15 is 0 Å². The molecule has 1 aliphatic heterocycles. The average molecular weight is 489 g/mol. The van der Waals surface area contributed by atoms with E-state index in [1.165, 1.54) is 29.5 Å². The highest BCUT2D eigenvalue weighted by Gasteiger charge is 2.30. The Bertz CT molecular complexity index is 1370. The summed E-state index contributed by atoms with van der Waals surface area (Å²) in [7, 11) is 1.55. The smallest absolute Gasteiger partial charge is 0.256 e. The number of carbonyl (C=O) groups is 2. The van der Waals surface area contributed by atoms with Crippen LogP contribution in [0.1, 0.15) is 40.0 Å². The van der Waals surface area contributed by atoms with Crippen molar-refractivity contribution in [1.82, 2.24) is 40.0 Å². The molecule has 11 heteroatoms. The molecule has 1 saturated heterocycles. The highest BCUT2D eigenvalue weighted by atomic mass is 19.1. The lowest BCUT2D eigenvalue weighted by atomic mass is 9.99. The number of nitrogens with one attached hydrogen (secondary N) is 1. The first-order valence-corrected chi connectivity index (χ1v) is 11.7. The Morgan fingerprint density at radius 2 is 1.92 bits per heavy atom. The van der Waals surface area contributed by atoms with E-state index in [9.17, 15) is 14.0 Å². The molecule has 1 fully saturated rings. The summed E-state index contributed by atoms with van der Waals surface area (Å²) in [5.74, 6) is -0.865. The summed E-state index contributed by atoms with van der Waals surface area (Å²) in [5.41, 5.74) is 2.64. The lowest BCUT2D eigenvalue weighted by molar-refractivity contribution is 0.0583. The molecule has 0 aliphatic carbocycles. The van der Waals surface area contributed by atoms with Crippen LogP contribution in [0.3, 0.4) is 0 Å². The number of pyridine rings is 1. The number of carbonyl (C=O) groups excluding carboxylic acids is 2. The molecule has 4 aromatic rings. The molecule has 0 bridgehead atoms. The van der Waals surface area contributed by atoms with Crippen LogP contribution >= 0.6 is 0 Å². The van der Waals surface area contributed by atoms with Gasteiger partial charge in [0.25, 0.3) is 11.8 Å². The van der Waals surface area contributed by atoms with Crippen LogP contribution in [-0.4, -0.2) is 66.1 Å². The SMILES string of the molecule is CNC(=O)c1ccc(-n2nccn2)c(C(=O)N2CCCC[C@H]2Cn2cc(-c3ccc(F)cn3)cn2)c1. The van der Waals surface area contributed by atoms with E-state index in [2.05, 4.69) is 25.6 Å². The first-order chi connectivity index (χ1) is 17.5. The maximum Gasteiger partial charge on any atom is 0.256 e. The van der Waals surface area contributed by atoms with Crippen molar-refractivity contribution in [2.24, 2.45) is 0 Å². The third-order valence-electron chi connectivity index (χ3n) is 6.29. The van der Waals surface area contributed by atoms with Gasteiger partial charge in [-0.25, -0.2) is 4.39 Å². The number of likely N-dealkylation sites (tertiary alicyclic amines) is 1. The van der Waals surface area contributed by atoms with Crippen LogP contribution in [-0.2, 0) is 6.54 Å². The van der Waals surface area contributed by atoms with Crippen molar-refractivity contribution in [3.63, 3.8) is 0 Å². The van der Waals surface area contributed by atoms with Gasteiger partial charge >= 0.3 is 0 Å². The topological polar surface area (TPSA) is 111 Å². The molecular weight excluding hydrogens is 463 g/mol. The largest absolute Gasteiger partial charge is 0.355 e. The molecule has 4 heterocycles. The van der Waals surface area contributed by atoms with E-state index in [1.807, 2.05) is 11.1 Å². The van der Waals surface area contributed by atoms with Gasteiger partial charge in [0.15, 0.2) is 0 Å². The molecule has 10 nitrogen and oxygen atoms in total. The van der Waals surface area contributed by atoms with Crippen molar-refractivity contribution < 1.29 is 14.0 Å². The predicted molar refractivity (Wildman–Crippen MR) is 129 cm³/mol. The van der Waals surface area contributed by atoms with Gasteiger partial charge in [-0.05, 0) is 49.6 Å². The number of benzene rings is 1. The molecule has 0 unspecified atom stereocenters. The molecule has 0 spiro atoms. The first-order valence-electron chi connectivity index (χ1n) is 11.7. The molecule has 5 rings (SSSR count). The number of piperidine rings is 1. The van der Waals surface area contributed by atoms with Crippen LogP contribution in [0.25, 0.3) is 16.9 Å². The molecule has 0 saturated carbocycles. The minimum absolute atomic E-state index is 0.0951. The van der Waals surface area contributed by atoms with Gasteiger partial charge in [-0.1, -0.05) is 0 Å². The maximum atomic E-state index is 13.9. The Balaban J connectivity index is 1.43. The van der Waals surface area contributed by atoms with E-state index in [0.29, 0.717) is 35.6 Å². The second kappa shape index (κ2) is 10.1. The van der Waals surface area contributed by atoms with Gasteiger partial charge in [0.05, 0.1) is 54.3 Å². The van der Waals surface area contributed by atoms with E-state index in [-0.39, 0.29) is 17.9 Å². The summed E-state index contributed by atoms with van der Waals surface area (Å²) in [6, 6.07) is 7.81. The van der Waals surface area contributed by atoms with Gasteiger partial charge < -0.3 is 10.2 Å². The Labute approximate surface area is 206 Å². The molecular formula is C25H25FN8O2. The number of rotatable bonds is 6. The third kappa shape index (κ3) is 4.72. The van der Waals surface area contributed by atoms with Crippen LogP contribution in [0.4, 0.5) is 4.39 Å². The summed E-state index contributed by atoms with van der Waals surface area (Å²) < 4.78 is 15.0. The normalized spacial score (nSPS) is 15.6. The standard InChI is InChI=1S/C25H25FN8O2/c1-27-24(35)17-5-8-23(34-29-9-10-30-34)21(12-17)25(36)33-11-3-2-4-20(33)16-32-15-18(13-31-32)22-7-6-19(26)14-28-22/h5-10,12-15,20H,2-4,11,16H2,1H3,(H,27,35)/t20-/m0/s1. The highest BCUT2D eigenvalue weighted by Crippen LogP contribution is 2.25. The summed E-state index contributed by atoms with van der Waals surface area (Å²) in [6.45, 7) is 1.09. The molecule has 2 amide bonds. The van der Waals surface area contributed by atoms with Crippen LogP contribution in [0.5, 0.6) is 0 Å². The van der Waals surface area contributed by atoms with E-state index in [1.54, 1.807) is 42.2 Å². The van der Waals surface area contributed by atoms with Crippen molar-refractivity contribution in [2.75, 3.05) is 13.6 Å². The zero-order valence-electron chi connectivity index (χ0n) is 19.7. The lowest BCUT2D eigenvalue weighted by Crippen LogP contribution is -2.46. The van der Waals surface area contributed by atoms with Gasteiger partial charge in [0.2, 0.25) is 0 Å². The van der Waals surface area contributed by atoms with E-state index in [0.717, 1.165) is 24.8 Å². The molecule has 1 aromatic carbocycles. The summed E-state index contributed by atoms with van der Waals surface area (Å²) in [6.07, 6.45) is 10.5. The molecule has 0 radical (unpaired) electrons. The summed E-state index contributed by atoms with van der Waals surface area (Å²) in [4.78, 5) is 33.5. The first kappa shape index (κ1) is 23.3. The third-order valence-corrected chi connectivity index (χ3v) is 6.29. The molecule has 1 atom stereocenters. The van der Waals surface area contributed by atoms with Crippen molar-refractivity contribution in [3.05, 3.63) is 78.3 Å². The number of hydrogen-bond acceptors (Lipinski definition) is 6. The second-order valence-electron chi connectivity index (χ2n) is 8.59. The molecule has 1 N–H and O–H groups in total. The van der Waals surface area contributed by atoms with Crippen LogP contribution in [0.2, 0.25) is 0 Å². The zero-order valence-corrected chi connectivity index (χ0v) is 19.7. The average Bonchev–Trinajstić information content (AvgIpc) is 3.61. The molecule has 184 valence electrons. The summed E-state index contributed by atoms with van der Waals surface area (Å²) >= 11 is 0. The minimum atomic E-state index is -0.396. The Hall–Kier alpha value is -4.41. The highest BCUT2D eigenvalue weighted by molar-refractivity contribution is 6.02. The minimum Gasteiger partial charge on any atom is -0.355 e. The monoisotopic (exact) mass is 488 g/mol. The molecule has 36 heavy (non-hydrogen) atoms. The number of amides is 2. The van der Waals surface area contributed by atoms with Crippen LogP contribution < -0.4 is 5.32 Å². The van der Waals surface area contributed by atoms with Crippen molar-refractivity contribution in [3.8, 4) is 16.9 Å². The Morgan fingerprint density at radius 3 is 2.67 bits per heavy atom. The van der Waals surface area contributed by atoms with Crippen LogP contribution in [0.15, 0.2) is 61.3 Å². The van der Waals surface area contributed by atoms with E-state index < -0.39 is 5.82 Å². The summed E-state index contributed by atoms with van der Waals surface area (Å²) in [5, 5.41) is 15.4. The molecule has 3 aromatic heterocycles. The van der Waals surface area contributed by atoms with Gasteiger partial charge in [0.1, 0.15) is 5.82 Å². The van der Waals surface area contributed by atoms with Crippen LogP contribution in [0, 0.1) is 5.82 Å². The van der Waals surface area contributed by atoms with Gasteiger partial charge in [-0.15, -0.1) is 0 Å². The van der Waals surface area contributed by atoms with Gasteiger partial charge in [-0.3, -0.25) is 19.3 Å². The Kier molecular flexibility index (Phi) is 6.52. The fourth-order valence-electron chi connectivity index (χ4n) is 4.48. The fraction of sp³-hybridized carbons (Fsp3) is 0.280. The number of halogens is 1. The fourth-order valence-corrected chi connectivity index (χ4v) is 4.48. The van der Waals surface area contributed by atoms with Crippen molar-refractivity contribution >= 4 is 11.8 Å². The van der Waals surface area contributed by atoms with Crippen molar-refractivity contribution in [1.29, 1.82) is 0 Å². The van der Waals surface area contributed by atoms with Crippen molar-refractivity contribution in [2.45, 2.75) is 31.8 Å². The lowest BCUT2D eigenvalue weighted by Gasteiger charge is -2.36. The van der Waals surface area contributed by atoms with E-state index in [4.69, 9.17) is 0 Å².